The molecule has 0 bridgehead atoms. The third-order valence-corrected chi connectivity index (χ3v) is 6.18. The van der Waals surface area contributed by atoms with Crippen LogP contribution >= 0.6 is 35.4 Å². The molecule has 2 aromatic carbocycles. The van der Waals surface area contributed by atoms with Crippen LogP contribution in [0.15, 0.2) is 64.7 Å². The first-order chi connectivity index (χ1) is 17.0. The van der Waals surface area contributed by atoms with Crippen LogP contribution in [0, 0.1) is 0 Å². The number of halogens is 5. The molecule has 0 saturated carbocycles. The Hall–Kier alpha value is -3.34. The topological polar surface area (TPSA) is 63.0 Å². The lowest BCUT2D eigenvalue weighted by Gasteiger charge is -2.19. The van der Waals surface area contributed by atoms with Crippen molar-refractivity contribution in [2.24, 2.45) is 0 Å². The summed E-state index contributed by atoms with van der Waals surface area (Å²) < 4.78 is 50.2. The molecule has 1 aliphatic heterocycles. The maximum absolute atomic E-state index is 13.3. The number of alkyl halides is 3. The van der Waals surface area contributed by atoms with Crippen molar-refractivity contribution < 1.29 is 31.9 Å². The van der Waals surface area contributed by atoms with Gasteiger partial charge in [-0.2, -0.15) is 13.2 Å². The maximum Gasteiger partial charge on any atom is 0.417 e. The molecule has 186 valence electrons. The fourth-order valence-electron chi connectivity index (χ4n) is 3.46. The summed E-state index contributed by atoms with van der Waals surface area (Å²) in [4.78, 5) is 27.8. The molecule has 1 amide bonds. The first kappa shape index (κ1) is 25.7. The summed E-state index contributed by atoms with van der Waals surface area (Å²) in [5.41, 5.74) is -0.432. The number of ether oxygens (including phenoxy) is 1. The Morgan fingerprint density at radius 2 is 1.81 bits per heavy atom. The van der Waals surface area contributed by atoms with Gasteiger partial charge in [0.05, 0.1) is 23.4 Å². The molecule has 4 rings (SSSR count). The Morgan fingerprint density at radius 1 is 1.11 bits per heavy atom. The van der Waals surface area contributed by atoms with E-state index in [4.69, 9.17) is 44.6 Å². The average Bonchev–Trinajstić information content (AvgIpc) is 3.38. The van der Waals surface area contributed by atoms with Gasteiger partial charge in [0.1, 0.15) is 23.8 Å². The molecule has 1 saturated heterocycles. The van der Waals surface area contributed by atoms with Crippen LogP contribution in [-0.2, 0) is 20.5 Å². The molecule has 0 radical (unpaired) electrons. The maximum atomic E-state index is 13.3. The highest BCUT2D eigenvalue weighted by Crippen LogP contribution is 2.38. The summed E-state index contributed by atoms with van der Waals surface area (Å²) in [5.74, 6) is -0.927. The average molecular weight is 555 g/mol. The van der Waals surface area contributed by atoms with Crippen molar-refractivity contribution in [3.63, 3.8) is 0 Å². The molecular formula is C24H15Cl2F3N2O4S. The molecule has 0 atom stereocenters. The molecule has 0 unspecified atom stereocenters. The van der Waals surface area contributed by atoms with Crippen molar-refractivity contribution in [1.29, 1.82) is 0 Å². The molecule has 6 nitrogen and oxygen atoms in total. The number of furan rings is 1. The van der Waals surface area contributed by atoms with E-state index in [1.54, 1.807) is 24.3 Å². The minimum Gasteiger partial charge on any atom is -0.468 e. The van der Waals surface area contributed by atoms with E-state index in [2.05, 4.69) is 0 Å². The summed E-state index contributed by atoms with van der Waals surface area (Å²) in [5, 5.41) is 0.0433. The third-order valence-electron chi connectivity index (χ3n) is 5.20. The molecule has 0 aliphatic carbocycles. The van der Waals surface area contributed by atoms with Crippen LogP contribution in [0.1, 0.15) is 11.3 Å². The standard InChI is InChI=1S/C24H15Cl2F3N2O4S/c1-34-21(32)12-30-19(22(33)31(23(30)36)15-5-3-14(25)4-6-15)11-16-7-9-20(35-16)13-2-8-18(26)17(10-13)24(27,28)29/h2-11H,12H2,1H3/b19-11-. The minimum atomic E-state index is -4.64. The Bertz CT molecular complexity index is 1390. The van der Waals surface area contributed by atoms with E-state index in [0.29, 0.717) is 10.7 Å². The molecule has 36 heavy (non-hydrogen) atoms. The molecule has 2 heterocycles. The van der Waals surface area contributed by atoms with E-state index in [1.807, 2.05) is 0 Å². The zero-order valence-electron chi connectivity index (χ0n) is 18.3. The van der Waals surface area contributed by atoms with Gasteiger partial charge in [-0.3, -0.25) is 14.5 Å². The Morgan fingerprint density at radius 3 is 2.44 bits per heavy atom. The number of hydrogen-bond acceptors (Lipinski definition) is 5. The lowest BCUT2D eigenvalue weighted by Crippen LogP contribution is -2.35. The Kier molecular flexibility index (Phi) is 7.12. The number of rotatable bonds is 5. The van der Waals surface area contributed by atoms with Crippen LogP contribution in [0.25, 0.3) is 17.4 Å². The third kappa shape index (κ3) is 5.11. The Labute approximate surface area is 218 Å². The summed E-state index contributed by atoms with van der Waals surface area (Å²) in [6.45, 7) is -0.351. The van der Waals surface area contributed by atoms with E-state index in [1.165, 1.54) is 41.2 Å². The van der Waals surface area contributed by atoms with Crippen molar-refractivity contribution in [3.8, 4) is 11.3 Å². The molecule has 3 aromatic rings. The van der Waals surface area contributed by atoms with E-state index < -0.39 is 28.6 Å². The monoisotopic (exact) mass is 554 g/mol. The molecule has 0 N–H and O–H groups in total. The van der Waals surface area contributed by atoms with Gasteiger partial charge >= 0.3 is 12.1 Å². The van der Waals surface area contributed by atoms with Crippen molar-refractivity contribution in [2.75, 3.05) is 18.6 Å². The predicted octanol–water partition coefficient (Wildman–Crippen LogP) is 6.42. The van der Waals surface area contributed by atoms with Crippen molar-refractivity contribution in [3.05, 3.63) is 81.7 Å². The fourth-order valence-corrected chi connectivity index (χ4v) is 4.16. The van der Waals surface area contributed by atoms with Gasteiger partial charge < -0.3 is 14.1 Å². The van der Waals surface area contributed by atoms with Crippen LogP contribution < -0.4 is 4.90 Å². The molecule has 1 fully saturated rings. The number of amides is 1. The summed E-state index contributed by atoms with van der Waals surface area (Å²) in [6, 6.07) is 12.7. The first-order valence-corrected chi connectivity index (χ1v) is 11.3. The second kappa shape index (κ2) is 9.96. The van der Waals surface area contributed by atoms with E-state index in [9.17, 15) is 22.8 Å². The predicted molar refractivity (Wildman–Crippen MR) is 132 cm³/mol. The van der Waals surface area contributed by atoms with Gasteiger partial charge in [-0.25, -0.2) is 0 Å². The summed E-state index contributed by atoms with van der Waals surface area (Å²) in [7, 11) is 1.20. The van der Waals surface area contributed by atoms with E-state index in [-0.39, 0.29) is 34.4 Å². The number of hydrogen-bond donors (Lipinski definition) is 0. The van der Waals surface area contributed by atoms with Gasteiger partial charge in [0.25, 0.3) is 5.91 Å². The van der Waals surface area contributed by atoms with Gasteiger partial charge in [0.2, 0.25) is 0 Å². The van der Waals surface area contributed by atoms with Crippen LogP contribution in [0.3, 0.4) is 0 Å². The van der Waals surface area contributed by atoms with Crippen LogP contribution in [0.5, 0.6) is 0 Å². The van der Waals surface area contributed by atoms with Crippen molar-refractivity contribution >= 4 is 64.2 Å². The number of anilines is 1. The minimum absolute atomic E-state index is 0.00772. The summed E-state index contributed by atoms with van der Waals surface area (Å²) >= 11 is 17.1. The lowest BCUT2D eigenvalue weighted by molar-refractivity contribution is -0.140. The number of thiocarbonyl (C=S) groups is 1. The SMILES string of the molecule is COC(=O)CN1C(=S)N(c2ccc(Cl)cc2)C(=O)/C1=C/c1ccc(-c2ccc(Cl)c(C(F)(F)F)c2)o1. The van der Waals surface area contributed by atoms with Crippen LogP contribution in [0.4, 0.5) is 18.9 Å². The zero-order chi connectivity index (χ0) is 26.2. The van der Waals surface area contributed by atoms with Crippen LogP contribution in [0.2, 0.25) is 10.0 Å². The van der Waals surface area contributed by atoms with Gasteiger partial charge in [-0.05, 0) is 66.8 Å². The van der Waals surface area contributed by atoms with E-state index in [0.717, 1.165) is 12.1 Å². The molecule has 0 spiro atoms. The van der Waals surface area contributed by atoms with E-state index >= 15 is 0 Å². The molecular weight excluding hydrogens is 540 g/mol. The highest BCUT2D eigenvalue weighted by atomic mass is 35.5. The van der Waals surface area contributed by atoms with Gasteiger partial charge in [-0.1, -0.05) is 23.2 Å². The quantitative estimate of drug-likeness (QED) is 0.206. The fraction of sp³-hybridized carbons (Fsp3) is 0.125. The number of benzene rings is 2. The highest BCUT2D eigenvalue weighted by molar-refractivity contribution is 7.80. The number of carbonyl (C=O) groups excluding carboxylic acids is 2. The van der Waals surface area contributed by atoms with Gasteiger partial charge in [0, 0.05) is 16.7 Å². The number of carbonyl (C=O) groups is 2. The van der Waals surface area contributed by atoms with Crippen molar-refractivity contribution in [2.45, 2.75) is 6.18 Å². The molecule has 12 heteroatoms. The summed E-state index contributed by atoms with van der Waals surface area (Å²) in [6.07, 6.45) is -3.30. The first-order valence-electron chi connectivity index (χ1n) is 10.2. The molecule has 1 aromatic heterocycles. The second-order valence-electron chi connectivity index (χ2n) is 7.49. The van der Waals surface area contributed by atoms with Crippen molar-refractivity contribution in [1.82, 2.24) is 4.90 Å². The second-order valence-corrected chi connectivity index (χ2v) is 8.69. The van der Waals surface area contributed by atoms with Gasteiger partial charge in [-0.15, -0.1) is 0 Å². The molecule has 1 aliphatic rings. The zero-order valence-corrected chi connectivity index (χ0v) is 20.6. The largest absolute Gasteiger partial charge is 0.468 e. The van der Waals surface area contributed by atoms with Crippen LogP contribution in [-0.4, -0.2) is 35.5 Å². The normalized spacial score (nSPS) is 15.2. The lowest BCUT2D eigenvalue weighted by atomic mass is 10.1. The van der Waals surface area contributed by atoms with Gasteiger partial charge in [0.15, 0.2) is 5.11 Å². The number of esters is 1. The highest BCUT2D eigenvalue weighted by Gasteiger charge is 2.40. The smallest absolute Gasteiger partial charge is 0.417 e. The Balaban J connectivity index is 1.72. The number of nitrogens with zero attached hydrogens (tertiary/aromatic N) is 2. The number of methoxy groups -OCH3 is 1.